The van der Waals surface area contributed by atoms with Crippen LogP contribution in [0, 0.1) is 5.92 Å². The Bertz CT molecular complexity index is 1210. The van der Waals surface area contributed by atoms with Crippen LogP contribution < -0.4 is 19.1 Å². The molecule has 2 aromatic rings. The van der Waals surface area contributed by atoms with E-state index in [4.69, 9.17) is 18.9 Å². The van der Waals surface area contributed by atoms with Crippen molar-refractivity contribution in [2.75, 3.05) is 45.9 Å². The second kappa shape index (κ2) is 10.1. The molecule has 2 aliphatic heterocycles. The van der Waals surface area contributed by atoms with Crippen LogP contribution in [0.1, 0.15) is 12.8 Å². The zero-order valence-electron chi connectivity index (χ0n) is 19.8. The third-order valence-corrected chi connectivity index (χ3v) is 8.19. The van der Waals surface area contributed by atoms with Crippen molar-refractivity contribution in [2.24, 2.45) is 5.92 Å². The number of amides is 1. The topological polar surface area (TPSA) is 112 Å². The van der Waals surface area contributed by atoms with Gasteiger partial charge >= 0.3 is 5.97 Å². The highest BCUT2D eigenvalue weighted by Crippen LogP contribution is 2.36. The number of para-hydroxylation sites is 2. The first-order valence-corrected chi connectivity index (χ1v) is 12.6. The number of benzene rings is 2. The van der Waals surface area contributed by atoms with Gasteiger partial charge in [-0.2, -0.15) is 4.31 Å². The Morgan fingerprint density at radius 2 is 1.66 bits per heavy atom. The van der Waals surface area contributed by atoms with E-state index in [0.717, 1.165) is 0 Å². The highest BCUT2D eigenvalue weighted by molar-refractivity contribution is 7.89. The molecule has 0 aliphatic carbocycles. The Hall–Kier alpha value is -3.31. The lowest BCUT2D eigenvalue weighted by Gasteiger charge is -2.37. The number of anilines is 1. The summed E-state index contributed by atoms with van der Waals surface area (Å²) in [5.41, 5.74) is 0.582. The van der Waals surface area contributed by atoms with Crippen LogP contribution in [0.4, 0.5) is 5.69 Å². The van der Waals surface area contributed by atoms with Gasteiger partial charge in [-0.15, -0.1) is 0 Å². The molecular formula is C24H28N2O8S. The lowest BCUT2D eigenvalue weighted by molar-refractivity contribution is -0.148. The van der Waals surface area contributed by atoms with Gasteiger partial charge in [0.1, 0.15) is 5.75 Å². The van der Waals surface area contributed by atoms with E-state index in [1.165, 1.54) is 37.8 Å². The first kappa shape index (κ1) is 24.8. The van der Waals surface area contributed by atoms with Gasteiger partial charge in [-0.25, -0.2) is 13.2 Å². The second-order valence-electron chi connectivity index (χ2n) is 8.24. The van der Waals surface area contributed by atoms with Gasteiger partial charge in [0.25, 0.3) is 0 Å². The van der Waals surface area contributed by atoms with Crippen LogP contribution in [0.15, 0.2) is 47.4 Å². The number of carbonyl (C=O) groups excluding carboxylic acids is 2. The van der Waals surface area contributed by atoms with Crippen LogP contribution in [0.5, 0.6) is 17.2 Å². The van der Waals surface area contributed by atoms with Gasteiger partial charge in [-0.1, -0.05) is 12.1 Å². The molecular weight excluding hydrogens is 476 g/mol. The van der Waals surface area contributed by atoms with Crippen LogP contribution >= 0.6 is 0 Å². The first-order chi connectivity index (χ1) is 16.8. The average molecular weight is 505 g/mol. The number of piperidine rings is 1. The Morgan fingerprint density at radius 1 is 0.971 bits per heavy atom. The molecule has 1 amide bonds. The van der Waals surface area contributed by atoms with E-state index in [1.54, 1.807) is 35.2 Å². The van der Waals surface area contributed by atoms with Crippen LogP contribution in [0.25, 0.3) is 0 Å². The molecule has 35 heavy (non-hydrogen) atoms. The summed E-state index contributed by atoms with van der Waals surface area (Å²) in [6.07, 6.45) is -0.217. The molecule has 1 fully saturated rings. The molecule has 0 radical (unpaired) electrons. The van der Waals surface area contributed by atoms with Crippen molar-refractivity contribution < 1.29 is 37.0 Å². The smallest absolute Gasteiger partial charge is 0.348 e. The number of rotatable bonds is 6. The first-order valence-electron chi connectivity index (χ1n) is 11.2. The zero-order valence-corrected chi connectivity index (χ0v) is 20.6. The van der Waals surface area contributed by atoms with E-state index >= 15 is 0 Å². The molecule has 2 aromatic carbocycles. The van der Waals surface area contributed by atoms with Gasteiger partial charge in [0.15, 0.2) is 11.5 Å². The van der Waals surface area contributed by atoms with Crippen molar-refractivity contribution in [3.05, 3.63) is 42.5 Å². The number of esters is 1. The summed E-state index contributed by atoms with van der Waals surface area (Å²) in [5.74, 6) is 0.0646. The Morgan fingerprint density at radius 3 is 2.31 bits per heavy atom. The zero-order chi connectivity index (χ0) is 25.2. The molecule has 0 N–H and O–H groups in total. The van der Waals surface area contributed by atoms with E-state index < -0.39 is 28.0 Å². The van der Waals surface area contributed by atoms with Crippen LogP contribution in [-0.4, -0.2) is 71.7 Å². The van der Waals surface area contributed by atoms with Gasteiger partial charge in [0, 0.05) is 25.1 Å². The van der Waals surface area contributed by atoms with E-state index in [2.05, 4.69) is 0 Å². The number of methoxy groups -OCH3 is 3. The number of nitrogens with zero attached hydrogens (tertiary/aromatic N) is 2. The van der Waals surface area contributed by atoms with Crippen LogP contribution in [-0.2, 0) is 24.3 Å². The predicted octanol–water partition coefficient (Wildman–Crippen LogP) is 2.07. The van der Waals surface area contributed by atoms with E-state index in [9.17, 15) is 18.0 Å². The molecule has 11 heteroatoms. The second-order valence-corrected chi connectivity index (χ2v) is 10.2. The molecule has 2 aliphatic rings. The maximum atomic E-state index is 13.5. The highest BCUT2D eigenvalue weighted by atomic mass is 32.2. The fourth-order valence-electron chi connectivity index (χ4n) is 4.39. The predicted molar refractivity (Wildman–Crippen MR) is 126 cm³/mol. The van der Waals surface area contributed by atoms with Crippen LogP contribution in [0.3, 0.4) is 0 Å². The largest absolute Gasteiger partial charge is 0.493 e. The molecule has 0 bridgehead atoms. The SMILES string of the molecule is COC(=O)[C@@H]1CN(C(=O)C2CCN(S(=O)(=O)c3ccc(OC)c(OC)c3)CC2)c2ccccc2O1. The Labute approximate surface area is 204 Å². The lowest BCUT2D eigenvalue weighted by atomic mass is 9.95. The van der Waals surface area contributed by atoms with Crippen molar-refractivity contribution in [3.8, 4) is 17.2 Å². The van der Waals surface area contributed by atoms with Crippen molar-refractivity contribution in [2.45, 2.75) is 23.8 Å². The normalized spacial score (nSPS) is 18.8. The summed E-state index contributed by atoms with van der Waals surface area (Å²) < 4.78 is 48.8. The quantitative estimate of drug-likeness (QED) is 0.550. The molecule has 0 unspecified atom stereocenters. The summed E-state index contributed by atoms with van der Waals surface area (Å²) in [6.45, 7) is 0.422. The van der Waals surface area contributed by atoms with Gasteiger partial charge in [0.05, 0.1) is 38.5 Å². The number of hydrogen-bond acceptors (Lipinski definition) is 8. The number of fused-ring (bicyclic) bond motifs is 1. The highest BCUT2D eigenvalue weighted by Gasteiger charge is 2.39. The van der Waals surface area contributed by atoms with Crippen molar-refractivity contribution in [1.82, 2.24) is 4.31 Å². The van der Waals surface area contributed by atoms with Gasteiger partial charge in [-0.05, 0) is 37.1 Å². The molecule has 1 saturated heterocycles. The summed E-state index contributed by atoms with van der Waals surface area (Å²) >= 11 is 0. The Balaban J connectivity index is 1.48. The fourth-order valence-corrected chi connectivity index (χ4v) is 5.87. The fraction of sp³-hybridized carbons (Fsp3) is 0.417. The standard InChI is InChI=1S/C24H28N2O8S/c1-31-20-9-8-17(14-21(20)32-2)35(29,30)25-12-10-16(11-13-25)23(27)26-15-22(24(28)33-3)34-19-7-5-4-6-18(19)26/h4-9,14,16,22H,10-13,15H2,1-3H3/t22-/m0/s1. The summed E-state index contributed by atoms with van der Waals surface area (Å²) in [5, 5.41) is 0. The van der Waals surface area contributed by atoms with E-state index in [0.29, 0.717) is 35.8 Å². The van der Waals surface area contributed by atoms with Crippen LogP contribution in [0.2, 0.25) is 0 Å². The summed E-state index contributed by atoms with van der Waals surface area (Å²) in [6, 6.07) is 11.5. The van der Waals surface area contributed by atoms with E-state index in [1.807, 2.05) is 0 Å². The van der Waals surface area contributed by atoms with Crippen molar-refractivity contribution in [3.63, 3.8) is 0 Å². The van der Waals surface area contributed by atoms with E-state index in [-0.39, 0.29) is 30.4 Å². The molecule has 2 heterocycles. The third kappa shape index (κ3) is 4.78. The number of hydrogen-bond donors (Lipinski definition) is 0. The minimum Gasteiger partial charge on any atom is -0.493 e. The average Bonchev–Trinajstić information content (AvgIpc) is 2.91. The molecule has 4 rings (SSSR count). The maximum Gasteiger partial charge on any atom is 0.348 e. The van der Waals surface area contributed by atoms with Crippen molar-refractivity contribution >= 4 is 27.6 Å². The molecule has 0 saturated carbocycles. The number of carbonyl (C=O) groups is 2. The third-order valence-electron chi connectivity index (χ3n) is 6.30. The summed E-state index contributed by atoms with van der Waals surface area (Å²) in [4.78, 5) is 27.2. The molecule has 188 valence electrons. The molecule has 0 aromatic heterocycles. The monoisotopic (exact) mass is 504 g/mol. The minimum absolute atomic E-state index is 0.0344. The molecule has 0 spiro atoms. The van der Waals surface area contributed by atoms with Gasteiger partial charge < -0.3 is 23.8 Å². The Kier molecular flexibility index (Phi) is 7.18. The molecule has 10 nitrogen and oxygen atoms in total. The molecule has 1 atom stereocenters. The lowest BCUT2D eigenvalue weighted by Crippen LogP contribution is -2.51. The number of sulfonamides is 1. The number of ether oxygens (including phenoxy) is 4. The minimum atomic E-state index is -3.77. The van der Waals surface area contributed by atoms with Gasteiger partial charge in [0.2, 0.25) is 22.0 Å². The van der Waals surface area contributed by atoms with Gasteiger partial charge in [-0.3, -0.25) is 4.79 Å². The summed E-state index contributed by atoms with van der Waals surface area (Å²) in [7, 11) is 0.421. The van der Waals surface area contributed by atoms with Crippen molar-refractivity contribution in [1.29, 1.82) is 0 Å². The maximum absolute atomic E-state index is 13.5.